The molecule has 3 aliphatic rings. The zero-order valence-corrected chi connectivity index (χ0v) is 13.1. The van der Waals surface area contributed by atoms with Gasteiger partial charge < -0.3 is 10.2 Å². The van der Waals surface area contributed by atoms with Crippen molar-refractivity contribution >= 4 is 16.9 Å². The van der Waals surface area contributed by atoms with E-state index in [2.05, 4.69) is 24.2 Å². The number of nitrogens with one attached hydrogen (secondary N) is 1. The van der Waals surface area contributed by atoms with Crippen LogP contribution in [0.5, 0.6) is 0 Å². The van der Waals surface area contributed by atoms with Crippen LogP contribution in [-0.2, 0) is 0 Å². The lowest BCUT2D eigenvalue weighted by Gasteiger charge is -2.47. The molecule has 2 bridgehead atoms. The number of piperidine rings is 2. The van der Waals surface area contributed by atoms with Gasteiger partial charge in [-0.3, -0.25) is 4.99 Å². The molecule has 108 valence electrons. The standard InChI is InChI=1S/C15H27N3S/c1-3-11-7-8-19-15(16-11)17-12-9-13-5-4-6-14(10-12)18(13)2/h11-14H,3-10H2,1-2H3,(H,16,17). The van der Waals surface area contributed by atoms with Gasteiger partial charge in [-0.25, -0.2) is 0 Å². The fourth-order valence-electron chi connectivity index (χ4n) is 3.84. The van der Waals surface area contributed by atoms with Crippen LogP contribution in [0.15, 0.2) is 4.99 Å². The highest BCUT2D eigenvalue weighted by Crippen LogP contribution is 2.33. The third-order valence-corrected chi connectivity index (χ3v) is 6.06. The lowest BCUT2D eigenvalue weighted by molar-refractivity contribution is 0.0530. The number of thioether (sulfide) groups is 1. The van der Waals surface area contributed by atoms with Crippen molar-refractivity contribution < 1.29 is 0 Å². The van der Waals surface area contributed by atoms with Gasteiger partial charge in [0.05, 0.1) is 6.04 Å². The molecular weight excluding hydrogens is 254 g/mol. The van der Waals surface area contributed by atoms with Crippen LogP contribution in [0.25, 0.3) is 0 Å². The number of fused-ring (bicyclic) bond motifs is 2. The predicted octanol–water partition coefficient (Wildman–Crippen LogP) is 2.86. The number of hydrogen-bond donors (Lipinski definition) is 1. The lowest BCUT2D eigenvalue weighted by Crippen LogP contribution is -2.55. The van der Waals surface area contributed by atoms with Gasteiger partial charge in [0.2, 0.25) is 0 Å². The van der Waals surface area contributed by atoms with Crippen LogP contribution >= 0.6 is 11.8 Å². The van der Waals surface area contributed by atoms with Crippen molar-refractivity contribution in [2.75, 3.05) is 12.8 Å². The molecule has 2 saturated heterocycles. The molecule has 3 unspecified atom stereocenters. The zero-order chi connectivity index (χ0) is 13.2. The maximum atomic E-state index is 4.86. The smallest absolute Gasteiger partial charge is 0.157 e. The molecule has 0 radical (unpaired) electrons. The van der Waals surface area contributed by atoms with E-state index >= 15 is 0 Å². The summed E-state index contributed by atoms with van der Waals surface area (Å²) in [6.45, 7) is 2.25. The summed E-state index contributed by atoms with van der Waals surface area (Å²) >= 11 is 1.93. The number of aliphatic imine (C=N–C) groups is 1. The molecule has 3 rings (SSSR count). The highest BCUT2D eigenvalue weighted by Gasteiger charge is 2.36. The summed E-state index contributed by atoms with van der Waals surface area (Å²) in [5, 5.41) is 4.99. The van der Waals surface area contributed by atoms with Crippen molar-refractivity contribution in [2.45, 2.75) is 76.0 Å². The van der Waals surface area contributed by atoms with Crippen molar-refractivity contribution in [1.29, 1.82) is 0 Å². The zero-order valence-electron chi connectivity index (χ0n) is 12.3. The van der Waals surface area contributed by atoms with E-state index in [-0.39, 0.29) is 0 Å². The number of nitrogens with zero attached hydrogens (tertiary/aromatic N) is 2. The van der Waals surface area contributed by atoms with Gasteiger partial charge >= 0.3 is 0 Å². The maximum Gasteiger partial charge on any atom is 0.157 e. The molecule has 0 spiro atoms. The van der Waals surface area contributed by atoms with Gasteiger partial charge in [0.1, 0.15) is 0 Å². The van der Waals surface area contributed by atoms with Gasteiger partial charge in [0, 0.05) is 23.9 Å². The van der Waals surface area contributed by atoms with E-state index in [1.54, 1.807) is 0 Å². The Labute approximate surface area is 121 Å². The van der Waals surface area contributed by atoms with Gasteiger partial charge in [0.15, 0.2) is 5.17 Å². The highest BCUT2D eigenvalue weighted by molar-refractivity contribution is 8.13. The van der Waals surface area contributed by atoms with Crippen LogP contribution in [-0.4, -0.2) is 47.0 Å². The van der Waals surface area contributed by atoms with E-state index in [4.69, 9.17) is 4.99 Å². The molecule has 3 heterocycles. The second-order valence-electron chi connectivity index (χ2n) is 6.35. The largest absolute Gasteiger partial charge is 0.362 e. The molecule has 4 heteroatoms. The molecule has 0 amide bonds. The topological polar surface area (TPSA) is 27.6 Å². The molecule has 1 N–H and O–H groups in total. The minimum absolute atomic E-state index is 0.564. The molecule has 0 saturated carbocycles. The van der Waals surface area contributed by atoms with E-state index in [0.29, 0.717) is 12.1 Å². The number of hydrogen-bond acceptors (Lipinski definition) is 4. The van der Waals surface area contributed by atoms with E-state index in [9.17, 15) is 0 Å². The van der Waals surface area contributed by atoms with E-state index < -0.39 is 0 Å². The SMILES string of the molecule is CCC1CCSC(NC2CC3CCCC(C2)N3C)=N1. The summed E-state index contributed by atoms with van der Waals surface area (Å²) in [6.07, 6.45) is 9.27. The van der Waals surface area contributed by atoms with Crippen molar-refractivity contribution in [3.05, 3.63) is 0 Å². The summed E-state index contributed by atoms with van der Waals surface area (Å²) in [6, 6.07) is 2.84. The summed E-state index contributed by atoms with van der Waals surface area (Å²) in [7, 11) is 2.32. The summed E-state index contributed by atoms with van der Waals surface area (Å²) in [5.41, 5.74) is 0. The minimum Gasteiger partial charge on any atom is -0.362 e. The average molecular weight is 281 g/mol. The number of rotatable bonds is 2. The highest BCUT2D eigenvalue weighted by atomic mass is 32.2. The van der Waals surface area contributed by atoms with Crippen molar-refractivity contribution in [3.63, 3.8) is 0 Å². The van der Waals surface area contributed by atoms with E-state index in [1.807, 2.05) is 11.8 Å². The molecule has 0 aromatic carbocycles. The molecule has 0 aliphatic carbocycles. The monoisotopic (exact) mass is 281 g/mol. The van der Waals surface area contributed by atoms with Crippen LogP contribution in [0.4, 0.5) is 0 Å². The Morgan fingerprint density at radius 1 is 1.26 bits per heavy atom. The van der Waals surface area contributed by atoms with Gasteiger partial charge in [-0.15, -0.1) is 0 Å². The summed E-state index contributed by atoms with van der Waals surface area (Å²) < 4.78 is 0. The third-order valence-electron chi connectivity index (χ3n) is 5.13. The average Bonchev–Trinajstić information content (AvgIpc) is 2.40. The molecule has 0 aromatic rings. The molecular formula is C15H27N3S. The molecule has 0 aromatic heterocycles. The van der Waals surface area contributed by atoms with Crippen LogP contribution in [0.1, 0.15) is 51.9 Å². The van der Waals surface area contributed by atoms with Crippen LogP contribution in [0.3, 0.4) is 0 Å². The predicted molar refractivity (Wildman–Crippen MR) is 83.9 cm³/mol. The maximum absolute atomic E-state index is 4.86. The van der Waals surface area contributed by atoms with Crippen LogP contribution in [0, 0.1) is 0 Å². The van der Waals surface area contributed by atoms with Crippen molar-refractivity contribution in [3.8, 4) is 0 Å². The quantitative estimate of drug-likeness (QED) is 0.843. The molecule has 3 atom stereocenters. The lowest BCUT2D eigenvalue weighted by atomic mass is 9.82. The summed E-state index contributed by atoms with van der Waals surface area (Å²) in [4.78, 5) is 7.49. The Morgan fingerprint density at radius 3 is 2.68 bits per heavy atom. The second-order valence-corrected chi connectivity index (χ2v) is 7.43. The molecule has 19 heavy (non-hydrogen) atoms. The Bertz CT molecular complexity index is 330. The molecule has 3 aliphatic heterocycles. The van der Waals surface area contributed by atoms with Gasteiger partial charge in [-0.05, 0) is 45.6 Å². The fourth-order valence-corrected chi connectivity index (χ4v) is 4.90. The normalized spacial score (nSPS) is 39.8. The van der Waals surface area contributed by atoms with Gasteiger partial charge in [-0.2, -0.15) is 0 Å². The minimum atomic E-state index is 0.564. The Kier molecular flexibility index (Phi) is 4.37. The summed E-state index contributed by atoms with van der Waals surface area (Å²) in [5.74, 6) is 1.24. The Morgan fingerprint density at radius 2 is 2.00 bits per heavy atom. The Hall–Kier alpha value is -0.220. The first-order valence-corrected chi connectivity index (χ1v) is 8.94. The number of amidine groups is 1. The third kappa shape index (κ3) is 3.10. The van der Waals surface area contributed by atoms with E-state index in [0.717, 1.165) is 12.1 Å². The fraction of sp³-hybridized carbons (Fsp3) is 0.933. The van der Waals surface area contributed by atoms with Gasteiger partial charge in [-0.1, -0.05) is 25.1 Å². The van der Waals surface area contributed by atoms with E-state index in [1.165, 1.54) is 55.9 Å². The van der Waals surface area contributed by atoms with Gasteiger partial charge in [0.25, 0.3) is 0 Å². The van der Waals surface area contributed by atoms with Crippen LogP contribution in [0.2, 0.25) is 0 Å². The first-order valence-electron chi connectivity index (χ1n) is 7.95. The van der Waals surface area contributed by atoms with Crippen molar-refractivity contribution in [2.24, 2.45) is 4.99 Å². The van der Waals surface area contributed by atoms with Crippen LogP contribution < -0.4 is 5.32 Å². The first kappa shape index (κ1) is 13.7. The molecule has 3 nitrogen and oxygen atoms in total. The second kappa shape index (κ2) is 6.04. The first-order chi connectivity index (χ1) is 9.26. The Balaban J connectivity index is 1.60. The van der Waals surface area contributed by atoms with Crippen molar-refractivity contribution in [1.82, 2.24) is 10.2 Å². The molecule has 2 fully saturated rings.